The average molecular weight is 308 g/mol. The van der Waals surface area contributed by atoms with Crippen LogP contribution in [-0.2, 0) is 0 Å². The number of hydrogen-bond acceptors (Lipinski definition) is 2. The van der Waals surface area contributed by atoms with Gasteiger partial charge in [-0.1, -0.05) is 18.2 Å². The molecule has 1 aliphatic rings. The van der Waals surface area contributed by atoms with E-state index in [2.05, 4.69) is 24.1 Å². The van der Waals surface area contributed by atoms with Crippen LogP contribution in [0.2, 0.25) is 0 Å². The molecular weight excluding hydrogens is 293 g/mol. The largest absolute Gasteiger partial charge is 0.269 e. The van der Waals surface area contributed by atoms with Gasteiger partial charge in [0.25, 0.3) is 0 Å². The third kappa shape index (κ3) is 3.00. The van der Waals surface area contributed by atoms with Crippen molar-refractivity contribution < 1.29 is 4.39 Å². The number of halogens is 2. The molecule has 1 nitrogen and oxygen atoms in total. The van der Waals surface area contributed by atoms with E-state index in [1.165, 1.54) is 27.5 Å². The average Bonchev–Trinajstić information content (AvgIpc) is 2.83. The number of benzene rings is 1. The van der Waals surface area contributed by atoms with Gasteiger partial charge in [0.2, 0.25) is 0 Å². The zero-order valence-corrected chi connectivity index (χ0v) is 12.7. The van der Waals surface area contributed by atoms with Gasteiger partial charge in [-0.3, -0.25) is 4.99 Å². The zero-order chi connectivity index (χ0) is 13.2. The molecule has 4 heteroatoms. The monoisotopic (exact) mass is 307 g/mol. The molecule has 1 aliphatic heterocycles. The Morgan fingerprint density at radius 2 is 2.00 bits per heavy atom. The van der Waals surface area contributed by atoms with Crippen molar-refractivity contribution in [1.82, 2.24) is 0 Å². The maximum atomic E-state index is 13.0. The van der Waals surface area contributed by atoms with E-state index in [0.29, 0.717) is 5.92 Å². The summed E-state index contributed by atoms with van der Waals surface area (Å²) in [6, 6.07) is 8.92. The normalized spacial score (nSPS) is 17.0. The molecule has 0 saturated carbocycles. The number of thiophene rings is 1. The highest BCUT2D eigenvalue weighted by molar-refractivity contribution is 7.12. The fourth-order valence-electron chi connectivity index (χ4n) is 2.32. The molecule has 0 fully saturated rings. The summed E-state index contributed by atoms with van der Waals surface area (Å²) < 4.78 is 13.0. The van der Waals surface area contributed by atoms with Gasteiger partial charge in [-0.05, 0) is 42.7 Å². The summed E-state index contributed by atoms with van der Waals surface area (Å²) in [4.78, 5) is 6.75. The summed E-state index contributed by atoms with van der Waals surface area (Å²) in [5.41, 5.74) is 2.30. The molecule has 1 aromatic carbocycles. The van der Waals surface area contributed by atoms with Crippen molar-refractivity contribution in [2.24, 2.45) is 4.99 Å². The smallest absolute Gasteiger partial charge is 0.123 e. The maximum absolute atomic E-state index is 13.0. The quantitative estimate of drug-likeness (QED) is 0.708. The summed E-state index contributed by atoms with van der Waals surface area (Å²) in [7, 11) is 0. The van der Waals surface area contributed by atoms with Gasteiger partial charge in [-0.25, -0.2) is 4.39 Å². The molecule has 2 aromatic rings. The van der Waals surface area contributed by atoms with Gasteiger partial charge in [0.05, 0.1) is 0 Å². The molecule has 3 rings (SSSR count). The minimum atomic E-state index is -0.193. The number of hydrogen-bond donors (Lipinski definition) is 0. The molecule has 0 amide bonds. The number of aliphatic imine (C=N–C) groups is 1. The Morgan fingerprint density at radius 3 is 2.65 bits per heavy atom. The van der Waals surface area contributed by atoms with E-state index in [-0.39, 0.29) is 18.2 Å². The lowest BCUT2D eigenvalue weighted by atomic mass is 9.96. The Hall–Kier alpha value is -1.45. The van der Waals surface area contributed by atoms with Gasteiger partial charge < -0.3 is 0 Å². The van der Waals surface area contributed by atoms with E-state index in [9.17, 15) is 4.39 Å². The first-order chi connectivity index (χ1) is 9.24. The second-order valence-electron chi connectivity index (χ2n) is 4.66. The summed E-state index contributed by atoms with van der Waals surface area (Å²) >= 11 is 1.81. The van der Waals surface area contributed by atoms with Crippen LogP contribution in [0.3, 0.4) is 0 Å². The first kappa shape index (κ1) is 14.9. The van der Waals surface area contributed by atoms with E-state index < -0.39 is 0 Å². The van der Waals surface area contributed by atoms with Gasteiger partial charge in [0.1, 0.15) is 5.82 Å². The minimum absolute atomic E-state index is 0. The fourth-order valence-corrected chi connectivity index (χ4v) is 3.46. The second-order valence-corrected chi connectivity index (χ2v) is 5.95. The Kier molecular flexibility index (Phi) is 4.73. The molecule has 0 spiro atoms. The number of nitrogens with zero attached hydrogens (tertiary/aromatic N) is 1. The molecule has 0 radical (unpaired) electrons. The summed E-state index contributed by atoms with van der Waals surface area (Å²) in [6.07, 6.45) is 6.88. The van der Waals surface area contributed by atoms with Crippen LogP contribution in [0.1, 0.15) is 22.1 Å². The standard InChI is InChI=1S/C16H14FNS.ClH/c1-11-10-15(12-2-4-14(17)5-3-12)16(19-11)13-6-8-18-9-7-13;/h2-6,8-10,13H,7H2,1H3;1H. The summed E-state index contributed by atoms with van der Waals surface area (Å²) in [5.74, 6) is 0.193. The van der Waals surface area contributed by atoms with Crippen molar-refractivity contribution in [1.29, 1.82) is 0 Å². The third-order valence-electron chi connectivity index (χ3n) is 3.25. The maximum Gasteiger partial charge on any atom is 0.123 e. The van der Waals surface area contributed by atoms with Crippen LogP contribution in [0.25, 0.3) is 11.1 Å². The lowest BCUT2D eigenvalue weighted by molar-refractivity contribution is 0.628. The molecule has 20 heavy (non-hydrogen) atoms. The van der Waals surface area contributed by atoms with Crippen LogP contribution < -0.4 is 0 Å². The van der Waals surface area contributed by atoms with Gasteiger partial charge in [0.15, 0.2) is 0 Å². The molecule has 1 atom stereocenters. The highest BCUT2D eigenvalue weighted by Crippen LogP contribution is 2.38. The minimum Gasteiger partial charge on any atom is -0.269 e. The zero-order valence-electron chi connectivity index (χ0n) is 11.0. The SMILES string of the molecule is Cc1cc(-c2ccc(F)cc2)c(C2C=CN=CC2)s1.Cl. The predicted octanol–water partition coefficient (Wildman–Crippen LogP) is 5.36. The van der Waals surface area contributed by atoms with Crippen LogP contribution in [0, 0.1) is 12.7 Å². The molecule has 2 heterocycles. The lowest BCUT2D eigenvalue weighted by Gasteiger charge is -2.13. The summed E-state index contributed by atoms with van der Waals surface area (Å²) in [6.45, 7) is 2.11. The van der Waals surface area contributed by atoms with E-state index >= 15 is 0 Å². The molecular formula is C16H15ClFNS. The van der Waals surface area contributed by atoms with Gasteiger partial charge >= 0.3 is 0 Å². The molecule has 0 bridgehead atoms. The molecule has 1 aromatic heterocycles. The molecule has 0 aliphatic carbocycles. The van der Waals surface area contributed by atoms with Crippen molar-refractivity contribution >= 4 is 30.0 Å². The van der Waals surface area contributed by atoms with Crippen LogP contribution in [0.5, 0.6) is 0 Å². The number of rotatable bonds is 2. The first-order valence-electron chi connectivity index (χ1n) is 6.28. The molecule has 104 valence electrons. The van der Waals surface area contributed by atoms with Crippen LogP contribution in [0.4, 0.5) is 4.39 Å². The van der Waals surface area contributed by atoms with Gasteiger partial charge in [0, 0.05) is 28.1 Å². The molecule has 0 saturated heterocycles. The number of aryl methyl sites for hydroxylation is 1. The lowest BCUT2D eigenvalue weighted by Crippen LogP contribution is -1.98. The van der Waals surface area contributed by atoms with Crippen LogP contribution in [-0.4, -0.2) is 6.21 Å². The topological polar surface area (TPSA) is 12.4 Å². The van der Waals surface area contributed by atoms with Crippen LogP contribution in [0.15, 0.2) is 47.6 Å². The molecule has 0 N–H and O–H groups in total. The van der Waals surface area contributed by atoms with E-state index in [4.69, 9.17) is 0 Å². The first-order valence-corrected chi connectivity index (χ1v) is 7.10. The van der Waals surface area contributed by atoms with Crippen LogP contribution >= 0.6 is 23.7 Å². The highest BCUT2D eigenvalue weighted by Gasteiger charge is 2.17. The van der Waals surface area contributed by atoms with Crippen molar-refractivity contribution in [3.63, 3.8) is 0 Å². The van der Waals surface area contributed by atoms with Gasteiger partial charge in [-0.15, -0.1) is 23.7 Å². The van der Waals surface area contributed by atoms with Crippen molar-refractivity contribution in [2.45, 2.75) is 19.3 Å². The number of allylic oxidation sites excluding steroid dienone is 1. The van der Waals surface area contributed by atoms with Crippen molar-refractivity contribution in [3.8, 4) is 11.1 Å². The predicted molar refractivity (Wildman–Crippen MR) is 86.7 cm³/mol. The highest BCUT2D eigenvalue weighted by atomic mass is 35.5. The second kappa shape index (κ2) is 6.33. The van der Waals surface area contributed by atoms with E-state index in [0.717, 1.165) is 12.0 Å². The van der Waals surface area contributed by atoms with E-state index in [1.54, 1.807) is 0 Å². The Labute approximate surface area is 128 Å². The fraction of sp³-hybridized carbons (Fsp3) is 0.188. The van der Waals surface area contributed by atoms with Crippen molar-refractivity contribution in [2.75, 3.05) is 0 Å². The third-order valence-corrected chi connectivity index (χ3v) is 4.43. The van der Waals surface area contributed by atoms with E-state index in [1.807, 2.05) is 35.9 Å². The Balaban J connectivity index is 0.00000147. The summed E-state index contributed by atoms with van der Waals surface area (Å²) in [5, 5.41) is 0. The van der Waals surface area contributed by atoms with Crippen molar-refractivity contribution in [3.05, 3.63) is 58.2 Å². The Bertz CT molecular complexity index is 643. The van der Waals surface area contributed by atoms with Gasteiger partial charge in [-0.2, -0.15) is 0 Å². The molecule has 1 unspecified atom stereocenters. The Morgan fingerprint density at radius 1 is 1.25 bits per heavy atom.